The van der Waals surface area contributed by atoms with Crippen molar-refractivity contribution in [3.8, 4) is 5.75 Å². The summed E-state index contributed by atoms with van der Waals surface area (Å²) < 4.78 is 5.22. The van der Waals surface area contributed by atoms with Crippen LogP contribution in [0.2, 0.25) is 5.02 Å². The summed E-state index contributed by atoms with van der Waals surface area (Å²) in [7, 11) is 1.56. The van der Waals surface area contributed by atoms with E-state index in [-0.39, 0.29) is 18.3 Å². The van der Waals surface area contributed by atoms with Crippen LogP contribution in [0.1, 0.15) is 16.8 Å². The summed E-state index contributed by atoms with van der Waals surface area (Å²) in [5.74, 6) is 0.555. The van der Waals surface area contributed by atoms with Crippen LogP contribution < -0.4 is 10.1 Å². The van der Waals surface area contributed by atoms with Crippen LogP contribution in [0.25, 0.3) is 0 Å². The molecule has 1 N–H and O–H groups in total. The fourth-order valence-corrected chi connectivity index (χ4v) is 2.24. The lowest BCUT2D eigenvalue weighted by molar-refractivity contribution is 0.0763. The first kappa shape index (κ1) is 16.1. The molecule has 0 aliphatic carbocycles. The summed E-state index contributed by atoms with van der Waals surface area (Å²) >= 11 is 5.95. The lowest BCUT2D eigenvalue weighted by atomic mass is 10.1. The topological polar surface area (TPSA) is 41.6 Å². The molecule has 0 atom stereocenters. The number of carbonyl (C=O) groups is 1. The molecule has 1 aromatic carbocycles. The predicted octanol–water partition coefficient (Wildman–Crippen LogP) is 2.21. The Morgan fingerprint density at radius 2 is 2.16 bits per heavy atom. The molecule has 1 fully saturated rings. The monoisotopic (exact) mass is 304 g/mol. The van der Waals surface area contributed by atoms with Crippen LogP contribution in [0.4, 0.5) is 0 Å². The summed E-state index contributed by atoms with van der Waals surface area (Å²) in [6.45, 7) is 3.26. The molecule has 1 amide bonds. The Balaban J connectivity index is 0.00000180. The molecular weight excluding hydrogens is 287 g/mol. The molecule has 1 aliphatic rings. The zero-order valence-electron chi connectivity index (χ0n) is 10.8. The molecule has 1 aromatic rings. The third-order valence-electron chi connectivity index (χ3n) is 3.02. The SMILES string of the molecule is COc1ccc(Cl)cc1C(=O)N1CCCNCC1.Cl. The third kappa shape index (κ3) is 4.00. The van der Waals surface area contributed by atoms with E-state index in [4.69, 9.17) is 16.3 Å². The average Bonchev–Trinajstić information content (AvgIpc) is 2.66. The lowest BCUT2D eigenvalue weighted by Gasteiger charge is -2.21. The van der Waals surface area contributed by atoms with E-state index >= 15 is 0 Å². The van der Waals surface area contributed by atoms with Crippen LogP contribution in [0.3, 0.4) is 0 Å². The van der Waals surface area contributed by atoms with Crippen LogP contribution in [0.5, 0.6) is 5.75 Å². The first-order valence-electron chi connectivity index (χ1n) is 6.06. The highest BCUT2D eigenvalue weighted by Gasteiger charge is 2.20. The predicted molar refractivity (Wildman–Crippen MR) is 78.6 cm³/mol. The van der Waals surface area contributed by atoms with Crippen molar-refractivity contribution in [3.05, 3.63) is 28.8 Å². The molecule has 106 valence electrons. The molecular formula is C13H18Cl2N2O2. The van der Waals surface area contributed by atoms with Crippen molar-refractivity contribution >= 4 is 29.9 Å². The van der Waals surface area contributed by atoms with Gasteiger partial charge in [0.25, 0.3) is 5.91 Å². The number of nitrogens with zero attached hydrogens (tertiary/aromatic N) is 1. The largest absolute Gasteiger partial charge is 0.496 e. The molecule has 2 rings (SSSR count). The summed E-state index contributed by atoms with van der Waals surface area (Å²) in [6, 6.07) is 5.12. The number of halogens is 2. The van der Waals surface area contributed by atoms with Gasteiger partial charge in [-0.3, -0.25) is 4.79 Å². The van der Waals surface area contributed by atoms with Gasteiger partial charge in [0.05, 0.1) is 12.7 Å². The van der Waals surface area contributed by atoms with Gasteiger partial charge in [-0.15, -0.1) is 12.4 Å². The van der Waals surface area contributed by atoms with Gasteiger partial charge >= 0.3 is 0 Å². The Hall–Kier alpha value is -0.970. The van der Waals surface area contributed by atoms with Crippen molar-refractivity contribution in [2.75, 3.05) is 33.3 Å². The zero-order valence-corrected chi connectivity index (χ0v) is 12.4. The molecule has 0 saturated carbocycles. The maximum absolute atomic E-state index is 12.4. The van der Waals surface area contributed by atoms with Gasteiger partial charge in [-0.25, -0.2) is 0 Å². The molecule has 0 bridgehead atoms. The fourth-order valence-electron chi connectivity index (χ4n) is 2.07. The van der Waals surface area contributed by atoms with E-state index < -0.39 is 0 Å². The molecule has 19 heavy (non-hydrogen) atoms. The van der Waals surface area contributed by atoms with Gasteiger partial charge in [-0.2, -0.15) is 0 Å². The van der Waals surface area contributed by atoms with Crippen molar-refractivity contribution in [2.45, 2.75) is 6.42 Å². The second-order valence-corrected chi connectivity index (χ2v) is 4.68. The van der Waals surface area contributed by atoms with Crippen molar-refractivity contribution in [2.24, 2.45) is 0 Å². The van der Waals surface area contributed by atoms with E-state index in [2.05, 4.69) is 5.32 Å². The summed E-state index contributed by atoms with van der Waals surface area (Å²) in [5, 5.41) is 3.82. The third-order valence-corrected chi connectivity index (χ3v) is 3.25. The Kier molecular flexibility index (Phi) is 6.42. The maximum Gasteiger partial charge on any atom is 0.257 e. The number of hydrogen-bond donors (Lipinski definition) is 1. The van der Waals surface area contributed by atoms with Crippen molar-refractivity contribution in [3.63, 3.8) is 0 Å². The Bertz CT molecular complexity index is 433. The number of benzene rings is 1. The standard InChI is InChI=1S/C13H17ClN2O2.ClH/c1-18-12-4-3-10(14)9-11(12)13(17)16-7-2-5-15-6-8-16;/h3-4,9,15H,2,5-8H2,1H3;1H. The Labute approximate surface area is 124 Å². The fraction of sp³-hybridized carbons (Fsp3) is 0.462. The van der Waals surface area contributed by atoms with Crippen LogP contribution in [-0.4, -0.2) is 44.1 Å². The molecule has 4 nitrogen and oxygen atoms in total. The van der Waals surface area contributed by atoms with E-state index in [0.29, 0.717) is 22.9 Å². The minimum Gasteiger partial charge on any atom is -0.496 e. The number of methoxy groups -OCH3 is 1. The number of rotatable bonds is 2. The van der Waals surface area contributed by atoms with Gasteiger partial charge in [0.2, 0.25) is 0 Å². The number of ether oxygens (including phenoxy) is 1. The normalized spacial score (nSPS) is 15.4. The summed E-state index contributed by atoms with van der Waals surface area (Å²) in [5.41, 5.74) is 0.534. The second-order valence-electron chi connectivity index (χ2n) is 4.24. The minimum atomic E-state index is -0.0157. The molecule has 1 saturated heterocycles. The number of hydrogen-bond acceptors (Lipinski definition) is 3. The minimum absolute atomic E-state index is 0. The molecule has 0 radical (unpaired) electrons. The lowest BCUT2D eigenvalue weighted by Crippen LogP contribution is -2.34. The van der Waals surface area contributed by atoms with Crippen molar-refractivity contribution < 1.29 is 9.53 Å². The highest BCUT2D eigenvalue weighted by Crippen LogP contribution is 2.24. The highest BCUT2D eigenvalue weighted by molar-refractivity contribution is 6.31. The zero-order chi connectivity index (χ0) is 13.0. The van der Waals surface area contributed by atoms with Gasteiger partial charge in [0, 0.05) is 24.7 Å². The van der Waals surface area contributed by atoms with Crippen LogP contribution in [-0.2, 0) is 0 Å². The highest BCUT2D eigenvalue weighted by atomic mass is 35.5. The molecule has 1 aliphatic heterocycles. The van der Waals surface area contributed by atoms with Gasteiger partial charge < -0.3 is 15.0 Å². The smallest absolute Gasteiger partial charge is 0.257 e. The van der Waals surface area contributed by atoms with Gasteiger partial charge in [0.1, 0.15) is 5.75 Å². The molecule has 0 spiro atoms. The summed E-state index contributed by atoms with van der Waals surface area (Å²) in [6.07, 6.45) is 0.967. The van der Waals surface area contributed by atoms with E-state index in [1.165, 1.54) is 0 Å². The Morgan fingerprint density at radius 1 is 1.37 bits per heavy atom. The Morgan fingerprint density at radius 3 is 2.89 bits per heavy atom. The first-order chi connectivity index (χ1) is 8.72. The molecule has 1 heterocycles. The number of nitrogens with one attached hydrogen (secondary N) is 1. The van der Waals surface area contributed by atoms with E-state index in [0.717, 1.165) is 26.1 Å². The van der Waals surface area contributed by atoms with Gasteiger partial charge in [-0.05, 0) is 31.2 Å². The van der Waals surface area contributed by atoms with Crippen LogP contribution >= 0.6 is 24.0 Å². The first-order valence-corrected chi connectivity index (χ1v) is 6.43. The second kappa shape index (κ2) is 7.58. The number of amides is 1. The van der Waals surface area contributed by atoms with Crippen molar-refractivity contribution in [1.29, 1.82) is 0 Å². The van der Waals surface area contributed by atoms with Gasteiger partial charge in [0.15, 0.2) is 0 Å². The van der Waals surface area contributed by atoms with E-state index in [1.807, 2.05) is 4.90 Å². The molecule has 6 heteroatoms. The molecule has 0 aromatic heterocycles. The van der Waals surface area contributed by atoms with Crippen LogP contribution in [0.15, 0.2) is 18.2 Å². The van der Waals surface area contributed by atoms with Crippen molar-refractivity contribution in [1.82, 2.24) is 10.2 Å². The van der Waals surface area contributed by atoms with Gasteiger partial charge in [-0.1, -0.05) is 11.6 Å². The maximum atomic E-state index is 12.4. The molecule has 0 unspecified atom stereocenters. The van der Waals surface area contributed by atoms with Crippen LogP contribution in [0, 0.1) is 0 Å². The summed E-state index contributed by atoms with van der Waals surface area (Å²) in [4.78, 5) is 14.3. The number of carbonyl (C=O) groups excluding carboxylic acids is 1. The van der Waals surface area contributed by atoms with E-state index in [1.54, 1.807) is 25.3 Å². The quantitative estimate of drug-likeness (QED) is 0.911. The van der Waals surface area contributed by atoms with E-state index in [9.17, 15) is 4.79 Å². The average molecular weight is 305 g/mol.